The van der Waals surface area contributed by atoms with Crippen LogP contribution in [0.15, 0.2) is 60.8 Å². The van der Waals surface area contributed by atoms with E-state index in [1.54, 1.807) is 12.3 Å². The summed E-state index contributed by atoms with van der Waals surface area (Å²) in [5.74, 6) is -0.0231. The molecule has 5 rings (SSSR count). The first kappa shape index (κ1) is 27.4. The van der Waals surface area contributed by atoms with E-state index >= 15 is 0 Å². The van der Waals surface area contributed by atoms with E-state index in [1.807, 2.05) is 30.5 Å². The number of amides is 1. The van der Waals surface area contributed by atoms with E-state index in [9.17, 15) is 18.0 Å². The van der Waals surface area contributed by atoms with E-state index in [2.05, 4.69) is 38.0 Å². The highest BCUT2D eigenvalue weighted by Crippen LogP contribution is 2.31. The monoisotopic (exact) mass is 551 g/mol. The van der Waals surface area contributed by atoms with Crippen LogP contribution >= 0.6 is 0 Å². The fourth-order valence-corrected chi connectivity index (χ4v) is 5.01. The van der Waals surface area contributed by atoms with Crippen LogP contribution in [0.1, 0.15) is 48.8 Å². The number of alkyl halides is 3. The van der Waals surface area contributed by atoms with Crippen LogP contribution < -0.4 is 20.9 Å². The van der Waals surface area contributed by atoms with Gasteiger partial charge in [0.1, 0.15) is 11.3 Å². The summed E-state index contributed by atoms with van der Waals surface area (Å²) in [4.78, 5) is 24.9. The van der Waals surface area contributed by atoms with Gasteiger partial charge >= 0.3 is 6.18 Å². The molecule has 11 heteroatoms. The predicted octanol–water partition coefficient (Wildman–Crippen LogP) is 6.22. The first-order valence-electron chi connectivity index (χ1n) is 13.5. The second-order valence-electron chi connectivity index (χ2n) is 9.78. The molecular formula is C29H32F3N7O. The Hall–Kier alpha value is -4.12. The number of aromatic nitrogens is 3. The van der Waals surface area contributed by atoms with E-state index in [-0.39, 0.29) is 11.7 Å². The molecule has 1 saturated heterocycles. The molecule has 0 radical (unpaired) electrons. The molecule has 4 aromatic rings. The number of nitrogens with one attached hydrogen (secondary N) is 3. The molecule has 3 heterocycles. The quantitative estimate of drug-likeness (QED) is 0.241. The lowest BCUT2D eigenvalue weighted by Crippen LogP contribution is -2.43. The molecule has 0 atom stereocenters. The van der Waals surface area contributed by atoms with Gasteiger partial charge in [-0.05, 0) is 67.4 Å². The zero-order chi connectivity index (χ0) is 28.3. The Morgan fingerprint density at radius 1 is 1.00 bits per heavy atom. The topological polar surface area (TPSA) is 87.1 Å². The number of halogens is 3. The molecule has 0 aliphatic carbocycles. The van der Waals surface area contributed by atoms with Gasteiger partial charge in [-0.25, -0.2) is 4.98 Å². The van der Waals surface area contributed by atoms with Gasteiger partial charge in [0.05, 0.1) is 5.56 Å². The van der Waals surface area contributed by atoms with Gasteiger partial charge in [-0.15, -0.1) is 0 Å². The fourth-order valence-electron chi connectivity index (χ4n) is 5.01. The molecule has 0 unspecified atom stereocenters. The SMILES string of the molecule is CCC(CC)n1c(C(=O)Nc2ccc(C(F)(F)F)cc2)cc2cnc(Nc3ccc(N4CCNCC4)cc3)nc21. The van der Waals surface area contributed by atoms with Crippen molar-refractivity contribution in [1.29, 1.82) is 0 Å². The van der Waals surface area contributed by atoms with Crippen LogP contribution in [-0.2, 0) is 6.18 Å². The van der Waals surface area contributed by atoms with Crippen LogP contribution in [0.5, 0.6) is 0 Å². The number of benzene rings is 2. The highest BCUT2D eigenvalue weighted by molar-refractivity contribution is 6.06. The van der Waals surface area contributed by atoms with Crippen LogP contribution in [-0.4, -0.2) is 46.6 Å². The van der Waals surface area contributed by atoms with Crippen molar-refractivity contribution in [2.45, 2.75) is 38.9 Å². The highest BCUT2D eigenvalue weighted by atomic mass is 19.4. The predicted molar refractivity (Wildman–Crippen MR) is 151 cm³/mol. The summed E-state index contributed by atoms with van der Waals surface area (Å²) in [6.45, 7) is 7.95. The molecule has 1 aliphatic heterocycles. The number of fused-ring (bicyclic) bond motifs is 1. The molecule has 0 saturated carbocycles. The minimum atomic E-state index is -4.44. The first-order valence-corrected chi connectivity index (χ1v) is 13.5. The Morgan fingerprint density at radius 3 is 2.27 bits per heavy atom. The van der Waals surface area contributed by atoms with E-state index in [0.717, 1.165) is 62.5 Å². The van der Waals surface area contributed by atoms with Crippen molar-refractivity contribution in [3.05, 3.63) is 72.1 Å². The number of hydrogen-bond donors (Lipinski definition) is 3. The zero-order valence-corrected chi connectivity index (χ0v) is 22.4. The van der Waals surface area contributed by atoms with Crippen LogP contribution in [0.25, 0.3) is 11.0 Å². The maximum Gasteiger partial charge on any atom is 0.416 e. The third kappa shape index (κ3) is 5.89. The summed E-state index contributed by atoms with van der Waals surface area (Å²) >= 11 is 0. The van der Waals surface area contributed by atoms with Crippen LogP contribution in [0, 0.1) is 0 Å². The molecular weight excluding hydrogens is 519 g/mol. The molecule has 40 heavy (non-hydrogen) atoms. The first-order chi connectivity index (χ1) is 19.3. The number of carbonyl (C=O) groups is 1. The third-order valence-corrected chi connectivity index (χ3v) is 7.19. The summed E-state index contributed by atoms with van der Waals surface area (Å²) in [5, 5.41) is 10.0. The summed E-state index contributed by atoms with van der Waals surface area (Å²) in [5.41, 5.74) is 2.49. The maximum absolute atomic E-state index is 13.3. The van der Waals surface area contributed by atoms with Gasteiger partial charge < -0.3 is 25.4 Å². The van der Waals surface area contributed by atoms with Crippen molar-refractivity contribution in [2.24, 2.45) is 0 Å². The minimum Gasteiger partial charge on any atom is -0.369 e. The normalized spacial score (nSPS) is 14.1. The lowest BCUT2D eigenvalue weighted by molar-refractivity contribution is -0.137. The molecule has 210 valence electrons. The third-order valence-electron chi connectivity index (χ3n) is 7.19. The summed E-state index contributed by atoms with van der Waals surface area (Å²) in [6, 6.07) is 14.2. The molecule has 2 aromatic carbocycles. The number of rotatable bonds is 8. The van der Waals surface area contributed by atoms with Crippen LogP contribution in [0.2, 0.25) is 0 Å². The van der Waals surface area contributed by atoms with Gasteiger partial charge in [0.2, 0.25) is 5.95 Å². The molecule has 2 aromatic heterocycles. The van der Waals surface area contributed by atoms with Crippen molar-refractivity contribution >= 4 is 40.0 Å². The van der Waals surface area contributed by atoms with Crippen molar-refractivity contribution in [1.82, 2.24) is 19.9 Å². The Morgan fingerprint density at radius 2 is 1.65 bits per heavy atom. The van der Waals surface area contributed by atoms with Crippen LogP contribution in [0.4, 0.5) is 36.2 Å². The van der Waals surface area contributed by atoms with Gasteiger partial charge in [0, 0.05) is 60.9 Å². The average Bonchev–Trinajstić information content (AvgIpc) is 3.33. The Bertz CT molecular complexity index is 1460. The lowest BCUT2D eigenvalue weighted by Gasteiger charge is -2.29. The van der Waals surface area contributed by atoms with Gasteiger partial charge in [-0.1, -0.05) is 13.8 Å². The number of nitrogens with zero attached hydrogens (tertiary/aromatic N) is 4. The van der Waals surface area contributed by atoms with Gasteiger partial charge in [-0.2, -0.15) is 18.2 Å². The van der Waals surface area contributed by atoms with Gasteiger partial charge in [0.15, 0.2) is 0 Å². The Balaban J connectivity index is 1.40. The van der Waals surface area contributed by atoms with Crippen LogP contribution in [0.3, 0.4) is 0 Å². The maximum atomic E-state index is 13.3. The second kappa shape index (κ2) is 11.5. The van der Waals surface area contributed by atoms with E-state index < -0.39 is 17.6 Å². The van der Waals surface area contributed by atoms with Crippen molar-refractivity contribution < 1.29 is 18.0 Å². The summed E-state index contributed by atoms with van der Waals surface area (Å²) in [6.07, 6.45) is -1.24. The second-order valence-corrected chi connectivity index (χ2v) is 9.78. The van der Waals surface area contributed by atoms with E-state index in [1.165, 1.54) is 12.1 Å². The minimum absolute atomic E-state index is 0.00748. The Kier molecular flexibility index (Phi) is 7.92. The molecule has 1 aliphatic rings. The van der Waals surface area contributed by atoms with Crippen molar-refractivity contribution in [2.75, 3.05) is 41.7 Å². The van der Waals surface area contributed by atoms with Crippen molar-refractivity contribution in [3.63, 3.8) is 0 Å². The lowest BCUT2D eigenvalue weighted by atomic mass is 10.1. The smallest absolute Gasteiger partial charge is 0.369 e. The largest absolute Gasteiger partial charge is 0.416 e. The molecule has 0 spiro atoms. The molecule has 1 amide bonds. The zero-order valence-electron chi connectivity index (χ0n) is 22.4. The number of piperazine rings is 1. The van der Waals surface area contributed by atoms with Crippen molar-refractivity contribution in [3.8, 4) is 0 Å². The van der Waals surface area contributed by atoms with Gasteiger partial charge in [0.25, 0.3) is 5.91 Å². The number of carbonyl (C=O) groups excluding carboxylic acids is 1. The summed E-state index contributed by atoms with van der Waals surface area (Å²) in [7, 11) is 0. The Labute approximate surface area is 230 Å². The standard InChI is InChI=1S/C29H32F3N7O/c1-3-23(4-2)39-25(27(40)35-21-7-5-20(6-8-21)29(30,31)32)17-19-18-34-28(37-26(19)39)36-22-9-11-24(12-10-22)38-15-13-33-14-16-38/h5-12,17-18,23,33H,3-4,13-16H2,1-2H3,(H,35,40)(H,34,36,37). The van der Waals surface area contributed by atoms with E-state index in [4.69, 9.17) is 4.98 Å². The molecule has 8 nitrogen and oxygen atoms in total. The number of hydrogen-bond acceptors (Lipinski definition) is 6. The fraction of sp³-hybridized carbons (Fsp3) is 0.345. The average molecular weight is 552 g/mol. The number of anilines is 4. The highest BCUT2D eigenvalue weighted by Gasteiger charge is 2.30. The summed E-state index contributed by atoms with van der Waals surface area (Å²) < 4.78 is 40.7. The van der Waals surface area contributed by atoms with Gasteiger partial charge in [-0.3, -0.25) is 4.79 Å². The molecule has 1 fully saturated rings. The molecule has 0 bridgehead atoms. The van der Waals surface area contributed by atoms with E-state index in [0.29, 0.717) is 22.7 Å². The molecule has 3 N–H and O–H groups in total.